The zero-order valence-corrected chi connectivity index (χ0v) is 20.7. The van der Waals surface area contributed by atoms with E-state index < -0.39 is 0 Å². The first-order valence-corrected chi connectivity index (χ1v) is 12.2. The third kappa shape index (κ3) is 4.75. The summed E-state index contributed by atoms with van der Waals surface area (Å²) in [7, 11) is 1.62. The van der Waals surface area contributed by atoms with Gasteiger partial charge >= 0.3 is 0 Å². The van der Waals surface area contributed by atoms with Gasteiger partial charge in [-0.05, 0) is 47.9 Å². The van der Waals surface area contributed by atoms with Crippen molar-refractivity contribution in [1.82, 2.24) is 20.3 Å². The summed E-state index contributed by atoms with van der Waals surface area (Å²) < 4.78 is 22.4. The molecule has 10 heteroatoms. The van der Waals surface area contributed by atoms with Gasteiger partial charge in [0.25, 0.3) is 5.91 Å². The molecule has 10 nitrogen and oxygen atoms in total. The predicted molar refractivity (Wildman–Crippen MR) is 138 cm³/mol. The molecule has 0 aliphatic carbocycles. The van der Waals surface area contributed by atoms with Crippen LogP contribution in [0.25, 0.3) is 0 Å². The number of rotatable bonds is 8. The van der Waals surface area contributed by atoms with Crippen LogP contribution < -0.4 is 29.2 Å². The molecular formula is C28H25N5O5. The number of carbonyl (C=O) groups is 1. The van der Waals surface area contributed by atoms with E-state index in [1.807, 2.05) is 59.5 Å². The molecule has 0 fully saturated rings. The van der Waals surface area contributed by atoms with E-state index in [2.05, 4.69) is 15.3 Å². The van der Waals surface area contributed by atoms with Crippen LogP contribution in [0.3, 0.4) is 0 Å². The fourth-order valence-corrected chi connectivity index (χ4v) is 4.38. The molecular weight excluding hydrogens is 486 g/mol. The number of nitrogens with zero attached hydrogens (tertiary/aromatic N) is 4. The van der Waals surface area contributed by atoms with Crippen LogP contribution >= 0.6 is 0 Å². The van der Waals surface area contributed by atoms with Crippen molar-refractivity contribution in [2.45, 2.75) is 19.6 Å². The van der Waals surface area contributed by atoms with Gasteiger partial charge in [0.05, 0.1) is 25.0 Å². The third-order valence-electron chi connectivity index (χ3n) is 6.39. The number of nitrogens with one attached hydrogen (secondary N) is 1. The van der Waals surface area contributed by atoms with Crippen molar-refractivity contribution in [2.24, 2.45) is 0 Å². The van der Waals surface area contributed by atoms with Crippen molar-refractivity contribution >= 4 is 17.5 Å². The Bertz CT molecular complexity index is 1460. The van der Waals surface area contributed by atoms with Gasteiger partial charge < -0.3 is 29.2 Å². The fourth-order valence-electron chi connectivity index (χ4n) is 4.38. The standard InChI is InChI=1S/C28H25N5O5/c1-35-21-7-5-18(6-8-21)16-36-27-22(26(34)30-14-20-4-2-3-10-29-20)15-31-28(32-27)33-11-9-19-12-24-25(13-23(19)33)38-17-37-24/h2-8,10,12-13,15H,9,11,14,16-17H2,1H3,(H,30,34). The van der Waals surface area contributed by atoms with E-state index in [0.29, 0.717) is 18.2 Å². The Morgan fingerprint density at radius 2 is 1.92 bits per heavy atom. The Balaban J connectivity index is 1.28. The molecule has 0 spiro atoms. The van der Waals surface area contributed by atoms with Crippen LogP contribution in [0, 0.1) is 0 Å². The van der Waals surface area contributed by atoms with Gasteiger partial charge in [0.1, 0.15) is 17.9 Å². The quantitative estimate of drug-likeness (QED) is 0.378. The minimum absolute atomic E-state index is 0.193. The summed E-state index contributed by atoms with van der Waals surface area (Å²) in [6.45, 7) is 1.38. The first kappa shape index (κ1) is 23.5. The van der Waals surface area contributed by atoms with Crippen molar-refractivity contribution in [3.63, 3.8) is 0 Å². The molecule has 4 heterocycles. The lowest BCUT2D eigenvalue weighted by molar-refractivity contribution is 0.0944. The summed E-state index contributed by atoms with van der Waals surface area (Å²) >= 11 is 0. The van der Waals surface area contributed by atoms with Crippen LogP contribution in [0.5, 0.6) is 23.1 Å². The molecule has 0 unspecified atom stereocenters. The van der Waals surface area contributed by atoms with E-state index in [9.17, 15) is 4.79 Å². The maximum Gasteiger partial charge on any atom is 0.258 e. The lowest BCUT2D eigenvalue weighted by Crippen LogP contribution is -2.25. The van der Waals surface area contributed by atoms with Gasteiger partial charge in [-0.25, -0.2) is 4.98 Å². The molecule has 1 N–H and O–H groups in total. The van der Waals surface area contributed by atoms with Gasteiger partial charge in [0.2, 0.25) is 18.6 Å². The van der Waals surface area contributed by atoms with E-state index in [-0.39, 0.29) is 37.3 Å². The van der Waals surface area contributed by atoms with Crippen molar-refractivity contribution in [1.29, 1.82) is 0 Å². The molecule has 2 aliphatic heterocycles. The Hall–Kier alpha value is -4.86. The van der Waals surface area contributed by atoms with E-state index in [0.717, 1.165) is 40.4 Å². The summed E-state index contributed by atoms with van der Waals surface area (Å²) in [6, 6.07) is 17.0. The molecule has 0 bridgehead atoms. The average molecular weight is 512 g/mol. The van der Waals surface area contributed by atoms with Crippen LogP contribution in [0.2, 0.25) is 0 Å². The molecule has 1 amide bonds. The van der Waals surface area contributed by atoms with E-state index in [1.54, 1.807) is 13.3 Å². The van der Waals surface area contributed by atoms with Crippen molar-refractivity contribution in [2.75, 3.05) is 25.3 Å². The second kappa shape index (κ2) is 10.3. The third-order valence-corrected chi connectivity index (χ3v) is 6.39. The molecule has 0 saturated carbocycles. The second-order valence-corrected chi connectivity index (χ2v) is 8.77. The molecule has 38 heavy (non-hydrogen) atoms. The number of methoxy groups -OCH3 is 1. The number of amides is 1. The van der Waals surface area contributed by atoms with Crippen molar-refractivity contribution in [3.05, 3.63) is 89.4 Å². The summed E-state index contributed by atoms with van der Waals surface area (Å²) in [5, 5.41) is 2.88. The van der Waals surface area contributed by atoms with Crippen LogP contribution in [0.15, 0.2) is 67.0 Å². The minimum atomic E-state index is -0.350. The van der Waals surface area contributed by atoms with Crippen LogP contribution in [-0.4, -0.2) is 41.3 Å². The summed E-state index contributed by atoms with van der Waals surface area (Å²) in [6.07, 6.45) is 4.00. The Morgan fingerprint density at radius 1 is 1.08 bits per heavy atom. The van der Waals surface area contributed by atoms with Gasteiger partial charge in [0, 0.05) is 25.0 Å². The number of pyridine rings is 1. The van der Waals surface area contributed by atoms with Gasteiger partial charge in [0.15, 0.2) is 11.5 Å². The topological polar surface area (TPSA) is 108 Å². The molecule has 2 aromatic heterocycles. The van der Waals surface area contributed by atoms with E-state index >= 15 is 0 Å². The first-order chi connectivity index (χ1) is 18.7. The lowest BCUT2D eigenvalue weighted by Gasteiger charge is -2.19. The summed E-state index contributed by atoms with van der Waals surface area (Å²) in [4.78, 5) is 28.6. The maximum absolute atomic E-state index is 13.1. The van der Waals surface area contributed by atoms with Crippen molar-refractivity contribution in [3.8, 4) is 23.1 Å². The van der Waals surface area contributed by atoms with Crippen LogP contribution in [-0.2, 0) is 19.6 Å². The number of hydrogen-bond acceptors (Lipinski definition) is 9. The smallest absolute Gasteiger partial charge is 0.258 e. The van der Waals surface area contributed by atoms with Gasteiger partial charge in [-0.15, -0.1) is 0 Å². The predicted octanol–water partition coefficient (Wildman–Crippen LogP) is 3.81. The monoisotopic (exact) mass is 511 g/mol. The SMILES string of the molecule is COc1ccc(COc2nc(N3CCc4cc5c(cc43)OCO5)ncc2C(=O)NCc2ccccn2)cc1. The highest BCUT2D eigenvalue weighted by molar-refractivity contribution is 5.96. The van der Waals surface area contributed by atoms with Crippen LogP contribution in [0.1, 0.15) is 27.2 Å². The highest BCUT2D eigenvalue weighted by Gasteiger charge is 2.28. The zero-order valence-electron chi connectivity index (χ0n) is 20.7. The first-order valence-electron chi connectivity index (χ1n) is 12.2. The van der Waals surface area contributed by atoms with Gasteiger partial charge in [-0.1, -0.05) is 18.2 Å². The van der Waals surface area contributed by atoms with Crippen molar-refractivity contribution < 1.29 is 23.7 Å². The Kier molecular flexibility index (Phi) is 6.35. The number of ether oxygens (including phenoxy) is 4. The Labute approximate surface area is 219 Å². The molecule has 0 saturated heterocycles. The normalized spacial score (nSPS) is 13.2. The summed E-state index contributed by atoms with van der Waals surface area (Å²) in [5.74, 6) is 2.47. The minimum Gasteiger partial charge on any atom is -0.497 e. The average Bonchev–Trinajstić information content (AvgIpc) is 3.60. The zero-order chi connectivity index (χ0) is 25.9. The second-order valence-electron chi connectivity index (χ2n) is 8.77. The number of benzene rings is 2. The van der Waals surface area contributed by atoms with E-state index in [4.69, 9.17) is 23.9 Å². The van der Waals surface area contributed by atoms with E-state index in [1.165, 1.54) is 6.20 Å². The molecule has 0 radical (unpaired) electrons. The molecule has 4 aromatic rings. The van der Waals surface area contributed by atoms with Crippen LogP contribution in [0.4, 0.5) is 11.6 Å². The Morgan fingerprint density at radius 3 is 2.71 bits per heavy atom. The number of fused-ring (bicyclic) bond motifs is 2. The number of carbonyl (C=O) groups excluding carboxylic acids is 1. The highest BCUT2D eigenvalue weighted by Crippen LogP contribution is 2.43. The number of hydrogen-bond donors (Lipinski definition) is 1. The molecule has 2 aromatic carbocycles. The fraction of sp³-hybridized carbons (Fsp3) is 0.214. The maximum atomic E-state index is 13.1. The molecule has 6 rings (SSSR count). The molecule has 192 valence electrons. The lowest BCUT2D eigenvalue weighted by atomic mass is 10.1. The molecule has 0 atom stereocenters. The van der Waals surface area contributed by atoms with Gasteiger partial charge in [-0.3, -0.25) is 9.78 Å². The number of aromatic nitrogens is 3. The number of anilines is 2. The molecule has 2 aliphatic rings. The largest absolute Gasteiger partial charge is 0.497 e. The summed E-state index contributed by atoms with van der Waals surface area (Å²) in [5.41, 5.74) is 3.96. The highest BCUT2D eigenvalue weighted by atomic mass is 16.7. The van der Waals surface area contributed by atoms with Gasteiger partial charge in [-0.2, -0.15) is 4.98 Å².